The molecule has 1 aromatic heterocycles. The average molecular weight is 315 g/mol. The Labute approximate surface area is 120 Å². The smallest absolute Gasteiger partial charge is 0.261 e. The van der Waals surface area contributed by atoms with Gasteiger partial charge in [0.1, 0.15) is 0 Å². The van der Waals surface area contributed by atoms with Crippen molar-refractivity contribution in [3.05, 3.63) is 47.8 Å². The zero-order valence-electron chi connectivity index (χ0n) is 11.3. The first-order valence-electron chi connectivity index (χ1n) is 5.93. The van der Waals surface area contributed by atoms with Gasteiger partial charge in [-0.2, -0.15) is 13.2 Å². The first kappa shape index (κ1) is 15.5. The van der Waals surface area contributed by atoms with Crippen molar-refractivity contribution in [1.29, 1.82) is 0 Å². The number of hydrogen-bond donors (Lipinski definition) is 0. The van der Waals surface area contributed by atoms with Gasteiger partial charge < -0.3 is 0 Å². The summed E-state index contributed by atoms with van der Waals surface area (Å²) in [5.41, 5.74) is -0.337. The van der Waals surface area contributed by atoms with Gasteiger partial charge in [-0.05, 0) is 30.7 Å². The Hall–Kier alpha value is -1.89. The maximum atomic E-state index is 13.1. The van der Waals surface area contributed by atoms with Gasteiger partial charge in [-0.15, -0.1) is 0 Å². The third-order valence-corrected chi connectivity index (χ3v) is 4.07. The molecule has 7 heteroatoms. The van der Waals surface area contributed by atoms with Gasteiger partial charge in [-0.3, -0.25) is 4.98 Å². The summed E-state index contributed by atoms with van der Waals surface area (Å²) in [5.74, 6) is 0. The molecule has 0 atom stereocenters. The van der Waals surface area contributed by atoms with Gasteiger partial charge in [-0.25, -0.2) is 8.42 Å². The van der Waals surface area contributed by atoms with E-state index >= 15 is 0 Å². The maximum absolute atomic E-state index is 13.1. The normalized spacial score (nSPS) is 12.4. The first-order valence-corrected chi connectivity index (χ1v) is 7.82. The lowest BCUT2D eigenvalue weighted by Gasteiger charge is -2.13. The SMILES string of the molecule is Cc1cc(C(F)(F)F)c(-c2ccc(S(C)(=O)=O)cc2)cn1. The Morgan fingerprint density at radius 3 is 2.14 bits per heavy atom. The number of aromatic nitrogens is 1. The van der Waals surface area contributed by atoms with E-state index < -0.39 is 21.6 Å². The molecule has 2 aromatic rings. The van der Waals surface area contributed by atoms with Gasteiger partial charge in [0.15, 0.2) is 9.84 Å². The predicted molar refractivity (Wildman–Crippen MR) is 72.5 cm³/mol. The van der Waals surface area contributed by atoms with Gasteiger partial charge >= 0.3 is 6.18 Å². The summed E-state index contributed by atoms with van der Waals surface area (Å²) in [6.45, 7) is 1.48. The quantitative estimate of drug-likeness (QED) is 0.852. The average Bonchev–Trinajstić information content (AvgIpc) is 2.37. The Morgan fingerprint density at radius 2 is 1.67 bits per heavy atom. The molecule has 0 bridgehead atoms. The summed E-state index contributed by atoms with van der Waals surface area (Å²) in [4.78, 5) is 3.94. The van der Waals surface area contributed by atoms with Crippen LogP contribution in [0.25, 0.3) is 11.1 Å². The minimum absolute atomic E-state index is 0.0554. The minimum atomic E-state index is -4.50. The number of rotatable bonds is 2. The van der Waals surface area contributed by atoms with Crippen LogP contribution in [0.2, 0.25) is 0 Å². The Bertz CT molecular complexity index is 766. The van der Waals surface area contributed by atoms with Crippen LogP contribution in [0.1, 0.15) is 11.3 Å². The van der Waals surface area contributed by atoms with Crippen molar-refractivity contribution in [2.45, 2.75) is 18.0 Å². The molecule has 0 radical (unpaired) electrons. The van der Waals surface area contributed by atoms with Gasteiger partial charge in [0.2, 0.25) is 0 Å². The number of hydrogen-bond acceptors (Lipinski definition) is 3. The molecular formula is C14H12F3NO2S. The highest BCUT2D eigenvalue weighted by Gasteiger charge is 2.34. The largest absolute Gasteiger partial charge is 0.417 e. The number of alkyl halides is 3. The summed E-state index contributed by atoms with van der Waals surface area (Å²) in [7, 11) is -3.38. The predicted octanol–water partition coefficient (Wildman–Crippen LogP) is 3.48. The molecular weight excluding hydrogens is 303 g/mol. The summed E-state index contributed by atoms with van der Waals surface area (Å²) in [6, 6.07) is 6.23. The molecule has 1 aromatic carbocycles. The molecule has 21 heavy (non-hydrogen) atoms. The lowest BCUT2D eigenvalue weighted by atomic mass is 10.0. The van der Waals surface area contributed by atoms with Crippen molar-refractivity contribution in [3.63, 3.8) is 0 Å². The molecule has 0 aliphatic heterocycles. The van der Waals surface area contributed by atoms with Crippen molar-refractivity contribution in [2.75, 3.05) is 6.26 Å². The zero-order chi connectivity index (χ0) is 15.8. The number of benzene rings is 1. The maximum Gasteiger partial charge on any atom is 0.417 e. The van der Waals surface area contributed by atoms with E-state index in [-0.39, 0.29) is 21.7 Å². The van der Waals surface area contributed by atoms with Crippen LogP contribution in [0.3, 0.4) is 0 Å². The van der Waals surface area contributed by atoms with Crippen LogP contribution < -0.4 is 0 Å². The Kier molecular flexibility index (Phi) is 3.79. The van der Waals surface area contributed by atoms with E-state index in [9.17, 15) is 21.6 Å². The first-order chi connectivity index (χ1) is 9.59. The third-order valence-electron chi connectivity index (χ3n) is 2.94. The zero-order valence-corrected chi connectivity index (χ0v) is 12.1. The van der Waals surface area contributed by atoms with E-state index in [0.29, 0.717) is 0 Å². The molecule has 0 saturated carbocycles. The van der Waals surface area contributed by atoms with Gasteiger partial charge in [0.05, 0.1) is 10.5 Å². The second-order valence-corrected chi connectivity index (χ2v) is 6.68. The van der Waals surface area contributed by atoms with Gasteiger partial charge in [-0.1, -0.05) is 12.1 Å². The second kappa shape index (κ2) is 5.14. The number of nitrogens with zero attached hydrogens (tertiary/aromatic N) is 1. The van der Waals surface area contributed by atoms with Crippen LogP contribution in [0.4, 0.5) is 13.2 Å². The lowest BCUT2D eigenvalue weighted by molar-refractivity contribution is -0.137. The Balaban J connectivity index is 2.57. The van der Waals surface area contributed by atoms with Crippen molar-refractivity contribution < 1.29 is 21.6 Å². The molecule has 0 aliphatic carbocycles. The highest BCUT2D eigenvalue weighted by molar-refractivity contribution is 7.90. The van der Waals surface area contributed by atoms with Crippen molar-refractivity contribution in [1.82, 2.24) is 4.98 Å². The molecule has 0 saturated heterocycles. The number of aryl methyl sites for hydroxylation is 1. The minimum Gasteiger partial charge on any atom is -0.261 e. The second-order valence-electron chi connectivity index (χ2n) is 4.67. The van der Waals surface area contributed by atoms with E-state index in [2.05, 4.69) is 4.98 Å². The molecule has 112 valence electrons. The van der Waals surface area contributed by atoms with Crippen LogP contribution in [-0.2, 0) is 16.0 Å². The molecule has 0 N–H and O–H groups in total. The van der Waals surface area contributed by atoms with E-state index in [1.165, 1.54) is 31.2 Å². The van der Waals surface area contributed by atoms with Crippen LogP contribution in [0.5, 0.6) is 0 Å². The summed E-state index contributed by atoms with van der Waals surface area (Å²) >= 11 is 0. The highest BCUT2D eigenvalue weighted by Crippen LogP contribution is 2.37. The van der Waals surface area contributed by atoms with Crippen LogP contribution in [0, 0.1) is 6.92 Å². The molecule has 0 aliphatic rings. The van der Waals surface area contributed by atoms with Crippen LogP contribution >= 0.6 is 0 Å². The summed E-state index contributed by atoms with van der Waals surface area (Å²) < 4.78 is 61.9. The molecule has 0 spiro atoms. The monoisotopic (exact) mass is 315 g/mol. The van der Waals surface area contributed by atoms with Crippen molar-refractivity contribution in [3.8, 4) is 11.1 Å². The fourth-order valence-electron chi connectivity index (χ4n) is 1.91. The number of sulfone groups is 1. The fraction of sp³-hybridized carbons (Fsp3) is 0.214. The van der Waals surface area contributed by atoms with E-state index in [4.69, 9.17) is 0 Å². The Morgan fingerprint density at radius 1 is 1.10 bits per heavy atom. The third kappa shape index (κ3) is 3.41. The molecule has 0 unspecified atom stereocenters. The van der Waals surface area contributed by atoms with Crippen LogP contribution in [0.15, 0.2) is 41.4 Å². The van der Waals surface area contributed by atoms with Gasteiger partial charge in [0, 0.05) is 23.7 Å². The number of halogens is 3. The van der Waals surface area contributed by atoms with Crippen molar-refractivity contribution in [2.24, 2.45) is 0 Å². The molecule has 0 fully saturated rings. The summed E-state index contributed by atoms with van der Waals surface area (Å²) in [5, 5.41) is 0. The van der Waals surface area contributed by atoms with Gasteiger partial charge in [0.25, 0.3) is 0 Å². The van der Waals surface area contributed by atoms with E-state index in [1.807, 2.05) is 0 Å². The van der Waals surface area contributed by atoms with Crippen molar-refractivity contribution >= 4 is 9.84 Å². The van der Waals surface area contributed by atoms with E-state index in [1.54, 1.807) is 0 Å². The van der Waals surface area contributed by atoms with E-state index in [0.717, 1.165) is 18.5 Å². The molecule has 1 heterocycles. The topological polar surface area (TPSA) is 47.0 Å². The summed E-state index contributed by atoms with van der Waals surface area (Å²) in [6.07, 6.45) is -2.32. The molecule has 3 nitrogen and oxygen atoms in total. The standard InChI is InChI=1S/C14H12F3NO2S/c1-9-7-13(14(15,16)17)12(8-18-9)10-3-5-11(6-4-10)21(2,19)20/h3-8H,1-2H3. The van der Waals surface area contributed by atoms with Crippen LogP contribution in [-0.4, -0.2) is 19.7 Å². The fourth-order valence-corrected chi connectivity index (χ4v) is 2.54. The number of pyridine rings is 1. The molecule has 2 rings (SSSR count). The lowest BCUT2D eigenvalue weighted by Crippen LogP contribution is -2.08. The molecule has 0 amide bonds. The highest BCUT2D eigenvalue weighted by atomic mass is 32.2.